The number of hydrogen-bond donors (Lipinski definition) is 3. The predicted octanol–water partition coefficient (Wildman–Crippen LogP) is 24.6. The van der Waals surface area contributed by atoms with Crippen molar-refractivity contribution in [3.8, 4) is 50.6 Å². The molecule has 1 unspecified atom stereocenters. The van der Waals surface area contributed by atoms with E-state index in [1.807, 2.05) is 223 Å². The molecule has 15 aromatic rings. The fourth-order valence-electron chi connectivity index (χ4n) is 20.3. The van der Waals surface area contributed by atoms with Gasteiger partial charge in [0.05, 0.1) is 87.2 Å². The number of fused-ring (bicyclic) bond motifs is 9. The van der Waals surface area contributed by atoms with Crippen molar-refractivity contribution in [2.24, 2.45) is 21.1 Å². The van der Waals surface area contributed by atoms with Crippen molar-refractivity contribution in [1.82, 2.24) is 57.7 Å². The minimum Gasteiger partial charge on any atom is -0.494 e. The molecule has 0 bridgehead atoms. The molecule has 3 N–H and O–H groups in total. The van der Waals surface area contributed by atoms with Crippen LogP contribution in [0.25, 0.3) is 66.1 Å². The van der Waals surface area contributed by atoms with E-state index < -0.39 is 17.9 Å². The van der Waals surface area contributed by atoms with E-state index in [2.05, 4.69) is 29.0 Å². The summed E-state index contributed by atoms with van der Waals surface area (Å²) in [7, 11) is 5.75. The van der Waals surface area contributed by atoms with Crippen molar-refractivity contribution in [1.29, 1.82) is 0 Å². The summed E-state index contributed by atoms with van der Waals surface area (Å²) in [4.78, 5) is 83.6. The summed E-state index contributed by atoms with van der Waals surface area (Å²) < 4.78 is 41.5. The van der Waals surface area contributed by atoms with Gasteiger partial charge in [-0.25, -0.2) is 14.4 Å². The van der Waals surface area contributed by atoms with E-state index in [4.69, 9.17) is 92.7 Å². The van der Waals surface area contributed by atoms with Gasteiger partial charge in [0, 0.05) is 147 Å². The van der Waals surface area contributed by atoms with Crippen LogP contribution in [0.1, 0.15) is 211 Å². The highest BCUT2D eigenvalue weighted by Crippen LogP contribution is 2.49. The van der Waals surface area contributed by atoms with Gasteiger partial charge in [0.2, 0.25) is 11.5 Å². The summed E-state index contributed by atoms with van der Waals surface area (Å²) in [6.45, 7) is 33.5. The predicted molar refractivity (Wildman–Crippen MR) is 547 cm³/mol. The number of halogens is 6. The summed E-state index contributed by atoms with van der Waals surface area (Å²) in [6, 6.07) is 35.7. The molecule has 730 valence electrons. The maximum Gasteiger partial charge on any atom is 0.371 e. The number of furan rings is 2. The number of aromatic carboxylic acids is 3. The number of aromatic nitrogens is 9. The van der Waals surface area contributed by atoms with Crippen molar-refractivity contribution in [3.63, 3.8) is 0 Å². The molecule has 3 aliphatic heterocycles. The molecule has 3 atom stereocenters. The molecule has 140 heavy (non-hydrogen) atoms. The van der Waals surface area contributed by atoms with Crippen LogP contribution in [0.4, 0.5) is 0 Å². The van der Waals surface area contributed by atoms with E-state index in [0.717, 1.165) is 188 Å². The third-order valence-electron chi connectivity index (χ3n) is 27.4. The molecule has 0 saturated carbocycles. The average molecular weight is 2010 g/mol. The number of rotatable bonds is 27. The Labute approximate surface area is 841 Å². The lowest BCUT2D eigenvalue weighted by molar-refractivity contribution is 0.0570. The second kappa shape index (κ2) is 40.9. The molecule has 11 heterocycles. The minimum absolute atomic E-state index is 0.0951. The number of carbonyl (C=O) groups excluding carboxylic acids is 3. The molecule has 0 fully saturated rings. The molecule has 0 saturated heterocycles. The van der Waals surface area contributed by atoms with Crippen LogP contribution in [0.5, 0.6) is 17.2 Å². The van der Waals surface area contributed by atoms with Crippen LogP contribution in [-0.2, 0) is 79.7 Å². The van der Waals surface area contributed by atoms with Gasteiger partial charge in [-0.2, -0.15) is 15.3 Å². The zero-order chi connectivity index (χ0) is 100. The number of carbonyl (C=O) groups is 6. The van der Waals surface area contributed by atoms with Gasteiger partial charge in [0.1, 0.15) is 45.9 Å². The van der Waals surface area contributed by atoms with Gasteiger partial charge in [-0.3, -0.25) is 28.4 Å². The Hall–Kier alpha value is -12.7. The van der Waals surface area contributed by atoms with E-state index in [1.165, 1.54) is 12.1 Å². The molecule has 3 aliphatic rings. The number of amides is 3. The maximum atomic E-state index is 14.7. The van der Waals surface area contributed by atoms with Crippen LogP contribution in [-0.4, -0.2) is 147 Å². The number of carboxylic acids is 3. The van der Waals surface area contributed by atoms with Gasteiger partial charge in [0.25, 0.3) is 17.7 Å². The molecular weight excluding hydrogens is 1900 g/mol. The summed E-state index contributed by atoms with van der Waals surface area (Å²) in [6.07, 6.45) is 4.49. The molecule has 3 amide bonds. The second-order valence-corrected chi connectivity index (χ2v) is 39.4. The lowest BCUT2D eigenvalue weighted by Gasteiger charge is -2.35. The zero-order valence-electron chi connectivity index (χ0n) is 81.6. The third kappa shape index (κ3) is 19.4. The first-order valence-electron chi connectivity index (χ1n) is 46.7. The summed E-state index contributed by atoms with van der Waals surface area (Å²) >= 11 is 40.1. The van der Waals surface area contributed by atoms with E-state index in [1.54, 1.807) is 40.1 Å². The van der Waals surface area contributed by atoms with Gasteiger partial charge >= 0.3 is 17.9 Å². The highest BCUT2D eigenvalue weighted by atomic mass is 35.5. The minimum atomic E-state index is -1.15. The van der Waals surface area contributed by atoms with E-state index in [-0.39, 0.29) is 66.0 Å². The first kappa shape index (κ1) is 100. The molecule has 7 aromatic carbocycles. The number of benzene rings is 7. The fraction of sp³-hybridized carbons (Fsp3) is 0.343. The van der Waals surface area contributed by atoms with Crippen molar-refractivity contribution in [2.75, 3.05) is 19.8 Å². The number of carboxylic acid groups (broad SMARTS) is 3. The highest BCUT2D eigenvalue weighted by Gasteiger charge is 2.41. The van der Waals surface area contributed by atoms with Crippen molar-refractivity contribution in [3.05, 3.63) is 287 Å². The first-order chi connectivity index (χ1) is 66.6. The lowest BCUT2D eigenvalue weighted by Crippen LogP contribution is -2.46. The first-order valence-corrected chi connectivity index (χ1v) is 49.0. The second-order valence-electron chi connectivity index (χ2n) is 37.1. The topological polar surface area (TPSA) is 295 Å². The molecule has 0 radical (unpaired) electrons. The molecular formula is C108H112Cl6N12O14. The van der Waals surface area contributed by atoms with Gasteiger partial charge in [-0.05, 0) is 295 Å². The van der Waals surface area contributed by atoms with Gasteiger partial charge in [0.15, 0.2) is 0 Å². The Balaban J connectivity index is 0.000000151. The fourth-order valence-corrected chi connectivity index (χ4v) is 21.4. The summed E-state index contributed by atoms with van der Waals surface area (Å²) in [5.74, 6) is -0.870. The largest absolute Gasteiger partial charge is 0.494 e. The molecule has 32 heteroatoms. The SMILES string of the molecule is Cc1cc(OCCCc2c3n(c4c(-c5c(C)nn(C)c5C)c(Cl)ccc24)CCC(C)N(Cc2ccc(C(=O)O)o2)C3=O)cc(C)c1Cl.Cc1cc(OCCCc2c3n(c4c(-c5c(C)nn(C)c5C)c(Cl)ccc24)C[C@@H](C)N(Cc2ccc(C(=O)O)o2)C3=O)cc(C)c1Cl.Cc1cc(OCCCc2c3n(c4c(-c5c(C)nn(C)c5C)c(Cl)ccc24)C[C@@H](C)N(Cc2cccc(C(=O)O)c2)C3=O)cc(C)c1Cl. The number of aryl methyl sites for hydroxylation is 16. The normalized spacial score (nSPS) is 14.8. The average Bonchev–Trinajstić information content (AvgIpc) is 1.59. The standard InChI is InChI=1S/C37H38Cl2N4O4.C36H38Cl2N4O5.C35H36Cl2N4O5/c1-20-15-27(16-21(2)33(20)39)47-14-8-11-28-29-12-13-30(38)32(31-23(4)40-41(6)24(31)5)34(29)43-18-22(3)42(36(44)35(28)43)19-25-9-7-10-26(17-25)37(45)46;1-19-16-25(17-20(2)32(19)38)46-15-7-8-26-27-10-11-28(37)31(30-22(4)39-40(6)23(30)5)33(27)41-14-13-21(3)42(35(43)34(26)41)18-24-9-12-29(47-24)36(44)45;1-18-14-24(15-19(2)31(18)37)45-13-7-8-25-26-10-11-27(36)30(29-21(4)38-39(6)22(29)5)32(26)41-16-20(3)40(34(42)33(25)41)17-23-9-12-28(46-23)35(43)44/h7,9-10,12-13,15-17,22H,8,11,14,18-19H2,1-6H3,(H,45,46);9-12,16-17,21H,7-8,13-15,18H2,1-6H3,(H,44,45);9-12,14-15,20H,7-8,13,16-17H2,1-6H3,(H,43,44)/t22-;;20-/m1.1/s1. The molecule has 8 aromatic heterocycles. The molecule has 18 rings (SSSR count). The van der Waals surface area contributed by atoms with Crippen molar-refractivity contribution < 1.29 is 67.1 Å². The third-order valence-corrected chi connectivity index (χ3v) is 30.2. The van der Waals surface area contributed by atoms with Crippen molar-refractivity contribution in [2.45, 2.75) is 206 Å². The van der Waals surface area contributed by atoms with Crippen LogP contribution < -0.4 is 14.2 Å². The summed E-state index contributed by atoms with van der Waals surface area (Å²) in [5.41, 5.74) is 25.2. The number of ether oxygens (including phenoxy) is 3. The molecule has 0 spiro atoms. The highest BCUT2D eigenvalue weighted by molar-refractivity contribution is 6.37. The smallest absolute Gasteiger partial charge is 0.371 e. The molecule has 26 nitrogen and oxygen atoms in total. The lowest BCUT2D eigenvalue weighted by atomic mass is 9.98. The maximum absolute atomic E-state index is 14.7. The van der Waals surface area contributed by atoms with E-state index >= 15 is 0 Å². The Kier molecular flexibility index (Phi) is 29.3. The Morgan fingerprint density at radius 3 is 1.03 bits per heavy atom. The van der Waals surface area contributed by atoms with Crippen LogP contribution in [0.3, 0.4) is 0 Å². The van der Waals surface area contributed by atoms with Crippen LogP contribution in [0, 0.1) is 83.1 Å². The monoisotopic (exact) mass is 2010 g/mol. The van der Waals surface area contributed by atoms with E-state index in [0.29, 0.717) is 135 Å². The van der Waals surface area contributed by atoms with E-state index in [9.17, 15) is 44.1 Å². The van der Waals surface area contributed by atoms with Gasteiger partial charge in [-0.15, -0.1) is 0 Å². The Bertz CT molecular complexity index is 7430. The zero-order valence-corrected chi connectivity index (χ0v) is 86.1. The van der Waals surface area contributed by atoms with Gasteiger partial charge < -0.3 is 66.8 Å². The van der Waals surface area contributed by atoms with Crippen LogP contribution in [0.15, 0.2) is 130 Å². The Morgan fingerprint density at radius 1 is 0.393 bits per heavy atom. The quantitative estimate of drug-likeness (QED) is 0.0403. The Morgan fingerprint density at radius 2 is 0.714 bits per heavy atom. The molecule has 0 aliphatic carbocycles. The van der Waals surface area contributed by atoms with Crippen molar-refractivity contribution >= 4 is 138 Å². The van der Waals surface area contributed by atoms with Crippen LogP contribution >= 0.6 is 69.6 Å². The summed E-state index contributed by atoms with van der Waals surface area (Å²) in [5, 5.41) is 49.2. The number of nitrogens with zero attached hydrogens (tertiary/aromatic N) is 12. The van der Waals surface area contributed by atoms with Crippen LogP contribution in [0.2, 0.25) is 30.1 Å². The number of hydrogen-bond acceptors (Lipinski definition) is 14. The van der Waals surface area contributed by atoms with Gasteiger partial charge in [-0.1, -0.05) is 99.9 Å².